The number of rotatable bonds is 10. The second-order valence-electron chi connectivity index (χ2n) is 9.31. The SMILES string of the molecule is CN(C)c1ccc(/C=C(/NC(=O)c2ccccc2)C(=O)Nc2cccc(SCC(=O)Nc3ccc(Br)cc3F)c2)cc1. The van der Waals surface area contributed by atoms with Crippen LogP contribution in [0.4, 0.5) is 21.5 Å². The first-order valence-corrected chi connectivity index (χ1v) is 14.6. The summed E-state index contributed by atoms with van der Waals surface area (Å²) in [5.74, 6) is -1.80. The van der Waals surface area contributed by atoms with E-state index >= 15 is 0 Å². The highest BCUT2D eigenvalue weighted by atomic mass is 79.9. The van der Waals surface area contributed by atoms with Crippen molar-refractivity contribution in [2.24, 2.45) is 0 Å². The molecule has 3 amide bonds. The second-order valence-corrected chi connectivity index (χ2v) is 11.3. The predicted octanol–water partition coefficient (Wildman–Crippen LogP) is 6.79. The molecule has 3 N–H and O–H groups in total. The van der Waals surface area contributed by atoms with Crippen molar-refractivity contribution in [3.8, 4) is 0 Å². The first-order chi connectivity index (χ1) is 20.2. The number of nitrogens with one attached hydrogen (secondary N) is 3. The number of carbonyl (C=O) groups excluding carboxylic acids is 3. The Labute approximate surface area is 256 Å². The van der Waals surface area contributed by atoms with Crippen LogP contribution in [0.1, 0.15) is 15.9 Å². The molecule has 0 unspecified atom stereocenters. The molecule has 214 valence electrons. The first-order valence-electron chi connectivity index (χ1n) is 12.8. The van der Waals surface area contributed by atoms with Crippen molar-refractivity contribution in [1.29, 1.82) is 0 Å². The molecule has 7 nitrogen and oxygen atoms in total. The van der Waals surface area contributed by atoms with Crippen molar-refractivity contribution >= 4 is 68.6 Å². The third-order valence-corrected chi connectivity index (χ3v) is 7.40. The van der Waals surface area contributed by atoms with Gasteiger partial charge in [-0.15, -0.1) is 11.8 Å². The van der Waals surface area contributed by atoms with Crippen LogP contribution in [0.25, 0.3) is 6.08 Å². The number of halogens is 2. The van der Waals surface area contributed by atoms with Gasteiger partial charge in [0.25, 0.3) is 11.8 Å². The van der Waals surface area contributed by atoms with Gasteiger partial charge in [0, 0.05) is 40.4 Å². The highest BCUT2D eigenvalue weighted by Crippen LogP contribution is 2.24. The summed E-state index contributed by atoms with van der Waals surface area (Å²) in [5.41, 5.74) is 2.78. The topological polar surface area (TPSA) is 90.5 Å². The summed E-state index contributed by atoms with van der Waals surface area (Å²) in [4.78, 5) is 41.4. The lowest BCUT2D eigenvalue weighted by molar-refractivity contribution is -0.114. The van der Waals surface area contributed by atoms with Crippen molar-refractivity contribution in [1.82, 2.24) is 5.32 Å². The Morgan fingerprint density at radius 2 is 1.62 bits per heavy atom. The number of hydrogen-bond acceptors (Lipinski definition) is 5. The molecule has 4 rings (SSSR count). The Kier molecular flexibility index (Phi) is 10.5. The highest BCUT2D eigenvalue weighted by molar-refractivity contribution is 9.10. The summed E-state index contributed by atoms with van der Waals surface area (Å²) in [6, 6.07) is 27.6. The molecule has 0 saturated heterocycles. The van der Waals surface area contributed by atoms with E-state index in [4.69, 9.17) is 0 Å². The van der Waals surface area contributed by atoms with E-state index in [1.54, 1.807) is 66.7 Å². The molecule has 0 fully saturated rings. The molecule has 0 aliphatic rings. The quantitative estimate of drug-likeness (QED) is 0.130. The lowest BCUT2D eigenvalue weighted by atomic mass is 10.1. The van der Waals surface area contributed by atoms with Gasteiger partial charge in [0.05, 0.1) is 11.4 Å². The number of amides is 3. The number of carbonyl (C=O) groups is 3. The van der Waals surface area contributed by atoms with Gasteiger partial charge < -0.3 is 20.9 Å². The Morgan fingerprint density at radius 1 is 0.881 bits per heavy atom. The van der Waals surface area contributed by atoms with Gasteiger partial charge in [0.15, 0.2) is 0 Å². The van der Waals surface area contributed by atoms with E-state index in [9.17, 15) is 18.8 Å². The third kappa shape index (κ3) is 8.79. The average molecular weight is 648 g/mol. The van der Waals surface area contributed by atoms with E-state index in [2.05, 4.69) is 31.9 Å². The van der Waals surface area contributed by atoms with E-state index in [0.29, 0.717) is 15.7 Å². The maximum absolute atomic E-state index is 14.1. The number of hydrogen-bond donors (Lipinski definition) is 3. The molecule has 4 aromatic rings. The summed E-state index contributed by atoms with van der Waals surface area (Å²) < 4.78 is 14.6. The van der Waals surface area contributed by atoms with Crippen molar-refractivity contribution < 1.29 is 18.8 Å². The van der Waals surface area contributed by atoms with Gasteiger partial charge in [-0.25, -0.2) is 4.39 Å². The van der Waals surface area contributed by atoms with Crippen LogP contribution in [0.2, 0.25) is 0 Å². The zero-order chi connectivity index (χ0) is 30.1. The summed E-state index contributed by atoms with van der Waals surface area (Å²) in [6.45, 7) is 0. The van der Waals surface area contributed by atoms with Gasteiger partial charge in [0.2, 0.25) is 5.91 Å². The fraction of sp³-hybridized carbons (Fsp3) is 0.0938. The van der Waals surface area contributed by atoms with E-state index in [1.807, 2.05) is 43.3 Å². The normalized spacial score (nSPS) is 11.0. The maximum Gasteiger partial charge on any atom is 0.272 e. The first kappa shape index (κ1) is 30.5. The average Bonchev–Trinajstić information content (AvgIpc) is 2.98. The monoisotopic (exact) mass is 646 g/mol. The Balaban J connectivity index is 1.46. The highest BCUT2D eigenvalue weighted by Gasteiger charge is 2.16. The largest absolute Gasteiger partial charge is 0.378 e. The van der Waals surface area contributed by atoms with Crippen LogP contribution < -0.4 is 20.9 Å². The van der Waals surface area contributed by atoms with Gasteiger partial charge in [-0.2, -0.15) is 0 Å². The van der Waals surface area contributed by atoms with Crippen LogP contribution >= 0.6 is 27.7 Å². The molecule has 0 aromatic heterocycles. The van der Waals surface area contributed by atoms with Gasteiger partial charge >= 0.3 is 0 Å². The van der Waals surface area contributed by atoms with Gasteiger partial charge in [-0.05, 0) is 72.3 Å². The number of nitrogens with zero attached hydrogens (tertiary/aromatic N) is 1. The molecular formula is C32H28BrFN4O3S. The van der Waals surface area contributed by atoms with Crippen LogP contribution in [0.15, 0.2) is 112 Å². The lowest BCUT2D eigenvalue weighted by Gasteiger charge is -2.14. The zero-order valence-corrected chi connectivity index (χ0v) is 25.3. The summed E-state index contributed by atoms with van der Waals surface area (Å²) in [6.07, 6.45) is 1.61. The molecule has 0 aliphatic carbocycles. The molecule has 0 radical (unpaired) electrons. The fourth-order valence-electron chi connectivity index (χ4n) is 3.77. The molecule has 0 heterocycles. The van der Waals surface area contributed by atoms with Crippen molar-refractivity contribution in [3.05, 3.63) is 124 Å². The van der Waals surface area contributed by atoms with Crippen molar-refractivity contribution in [2.45, 2.75) is 4.90 Å². The summed E-state index contributed by atoms with van der Waals surface area (Å²) in [5, 5.41) is 8.12. The molecule has 0 aliphatic heterocycles. The van der Waals surface area contributed by atoms with E-state index in [-0.39, 0.29) is 23.0 Å². The van der Waals surface area contributed by atoms with Gasteiger partial charge in [-0.1, -0.05) is 52.3 Å². The molecular weight excluding hydrogens is 619 g/mol. The van der Waals surface area contributed by atoms with Crippen LogP contribution in [0.5, 0.6) is 0 Å². The number of thioether (sulfide) groups is 1. The van der Waals surface area contributed by atoms with Crippen LogP contribution in [-0.4, -0.2) is 37.6 Å². The third-order valence-electron chi connectivity index (χ3n) is 5.92. The Morgan fingerprint density at radius 3 is 2.31 bits per heavy atom. The number of anilines is 3. The molecule has 0 saturated carbocycles. The maximum atomic E-state index is 14.1. The molecule has 4 aromatic carbocycles. The van der Waals surface area contributed by atoms with Crippen LogP contribution in [0, 0.1) is 5.82 Å². The Bertz CT molecular complexity index is 1610. The zero-order valence-electron chi connectivity index (χ0n) is 22.9. The van der Waals surface area contributed by atoms with Crippen LogP contribution in [0.3, 0.4) is 0 Å². The smallest absolute Gasteiger partial charge is 0.272 e. The predicted molar refractivity (Wildman–Crippen MR) is 171 cm³/mol. The van der Waals surface area contributed by atoms with Gasteiger partial charge in [-0.3, -0.25) is 14.4 Å². The molecule has 42 heavy (non-hydrogen) atoms. The standard InChI is InChI=1S/C32H28BrFN4O3S/c1-38(2)25-14-11-21(12-15-25)17-29(37-31(40)22-7-4-3-5-8-22)32(41)35-24-9-6-10-26(19-24)42-20-30(39)36-28-16-13-23(33)18-27(28)34/h3-19H,20H2,1-2H3,(H,35,41)(H,36,39)(H,37,40)/b29-17+. The minimum absolute atomic E-state index is 0.0358. The van der Waals surface area contributed by atoms with Gasteiger partial charge in [0.1, 0.15) is 11.5 Å². The number of benzene rings is 4. The van der Waals surface area contributed by atoms with E-state index < -0.39 is 17.6 Å². The second kappa shape index (κ2) is 14.5. The lowest BCUT2D eigenvalue weighted by Crippen LogP contribution is -2.30. The molecule has 0 bridgehead atoms. The van der Waals surface area contributed by atoms with E-state index in [0.717, 1.165) is 16.1 Å². The molecule has 0 atom stereocenters. The van der Waals surface area contributed by atoms with E-state index in [1.165, 1.54) is 23.9 Å². The summed E-state index contributed by atoms with van der Waals surface area (Å²) in [7, 11) is 3.87. The van der Waals surface area contributed by atoms with Crippen molar-refractivity contribution in [3.63, 3.8) is 0 Å². The fourth-order valence-corrected chi connectivity index (χ4v) is 4.85. The molecule has 10 heteroatoms. The minimum Gasteiger partial charge on any atom is -0.378 e. The Hall–Kier alpha value is -4.41. The van der Waals surface area contributed by atoms with Crippen LogP contribution in [-0.2, 0) is 9.59 Å². The molecule has 0 spiro atoms. The van der Waals surface area contributed by atoms with Crippen molar-refractivity contribution in [2.75, 3.05) is 35.4 Å². The summed E-state index contributed by atoms with van der Waals surface area (Å²) >= 11 is 4.43. The minimum atomic E-state index is -0.538.